The number of rotatable bonds is 6. The zero-order chi connectivity index (χ0) is 21.0. The molecule has 1 aliphatic rings. The molecule has 0 aliphatic carbocycles. The highest BCUT2D eigenvalue weighted by molar-refractivity contribution is 7.89. The molecule has 0 radical (unpaired) electrons. The van der Waals surface area contributed by atoms with Gasteiger partial charge in [-0.1, -0.05) is 12.1 Å². The van der Waals surface area contributed by atoms with Crippen LogP contribution in [0.25, 0.3) is 0 Å². The largest absolute Gasteiger partial charge is 0.352 e. The molecule has 1 heterocycles. The van der Waals surface area contributed by atoms with Gasteiger partial charge in [0.05, 0.1) is 15.7 Å². The number of non-ortho nitro benzene ring substituents is 1. The van der Waals surface area contributed by atoms with E-state index in [1.54, 1.807) is 12.1 Å². The molecule has 0 spiro atoms. The average Bonchev–Trinajstić information content (AvgIpc) is 2.72. The van der Waals surface area contributed by atoms with E-state index in [0.717, 1.165) is 12.1 Å². The summed E-state index contributed by atoms with van der Waals surface area (Å²) >= 11 is 0. The summed E-state index contributed by atoms with van der Waals surface area (Å²) < 4.78 is 39.8. The average molecular weight is 421 g/mol. The van der Waals surface area contributed by atoms with E-state index in [4.69, 9.17) is 0 Å². The number of hydrogen-bond acceptors (Lipinski definition) is 5. The highest BCUT2D eigenvalue weighted by Crippen LogP contribution is 2.24. The number of carbonyl (C=O) groups is 1. The molecule has 2 aromatic carbocycles. The number of sulfonamides is 1. The van der Waals surface area contributed by atoms with Crippen LogP contribution in [0.4, 0.5) is 10.1 Å². The van der Waals surface area contributed by atoms with Gasteiger partial charge in [0, 0.05) is 31.8 Å². The molecule has 0 saturated carbocycles. The van der Waals surface area contributed by atoms with Crippen molar-refractivity contribution >= 4 is 21.6 Å². The van der Waals surface area contributed by atoms with Crippen LogP contribution in [0.2, 0.25) is 0 Å². The van der Waals surface area contributed by atoms with Crippen LogP contribution in [0.3, 0.4) is 0 Å². The van der Waals surface area contributed by atoms with E-state index in [2.05, 4.69) is 5.32 Å². The van der Waals surface area contributed by atoms with Gasteiger partial charge in [-0.15, -0.1) is 0 Å². The summed E-state index contributed by atoms with van der Waals surface area (Å²) in [4.78, 5) is 22.7. The van der Waals surface area contributed by atoms with Gasteiger partial charge in [0.15, 0.2) is 0 Å². The first-order valence-electron chi connectivity index (χ1n) is 9.04. The molecule has 1 fully saturated rings. The van der Waals surface area contributed by atoms with Crippen LogP contribution in [-0.2, 0) is 21.4 Å². The number of nitrogens with one attached hydrogen (secondary N) is 1. The summed E-state index contributed by atoms with van der Waals surface area (Å²) in [7, 11) is -3.80. The van der Waals surface area contributed by atoms with Gasteiger partial charge in [0.1, 0.15) is 5.82 Å². The molecule has 1 amide bonds. The SMILES string of the molecule is O=C(NCc1ccc([N+](=O)[O-])cc1)[C@@H]1CCCN(S(=O)(=O)c2ccc(F)cc2)C1. The molecule has 1 atom stereocenters. The third kappa shape index (κ3) is 4.96. The van der Waals surface area contributed by atoms with E-state index in [-0.39, 0.29) is 29.6 Å². The van der Waals surface area contributed by atoms with Crippen LogP contribution in [0.15, 0.2) is 53.4 Å². The Kier molecular flexibility index (Phi) is 6.23. The molecule has 1 saturated heterocycles. The van der Waals surface area contributed by atoms with Crippen molar-refractivity contribution in [3.8, 4) is 0 Å². The van der Waals surface area contributed by atoms with Gasteiger partial charge in [-0.05, 0) is 42.7 Å². The summed E-state index contributed by atoms with van der Waals surface area (Å²) in [6, 6.07) is 10.4. The van der Waals surface area contributed by atoms with Crippen molar-refractivity contribution in [1.82, 2.24) is 9.62 Å². The van der Waals surface area contributed by atoms with Gasteiger partial charge >= 0.3 is 0 Å². The maximum absolute atomic E-state index is 13.1. The first kappa shape index (κ1) is 20.9. The summed E-state index contributed by atoms with van der Waals surface area (Å²) in [5.74, 6) is -1.30. The molecule has 2 aromatic rings. The van der Waals surface area contributed by atoms with Crippen LogP contribution in [-0.4, -0.2) is 36.6 Å². The van der Waals surface area contributed by atoms with Gasteiger partial charge in [-0.3, -0.25) is 14.9 Å². The number of halogens is 1. The molecule has 0 bridgehead atoms. The fourth-order valence-electron chi connectivity index (χ4n) is 3.20. The number of nitro benzene ring substituents is 1. The van der Waals surface area contributed by atoms with Crippen LogP contribution in [0.1, 0.15) is 18.4 Å². The van der Waals surface area contributed by atoms with Crippen LogP contribution in [0.5, 0.6) is 0 Å². The summed E-state index contributed by atoms with van der Waals surface area (Å²) in [6.07, 6.45) is 1.09. The normalized spacial score (nSPS) is 17.6. The Morgan fingerprint density at radius 3 is 2.45 bits per heavy atom. The Labute approximate surface area is 167 Å². The molecule has 0 unspecified atom stereocenters. The molecule has 3 rings (SSSR count). The molecule has 154 valence electrons. The van der Waals surface area contributed by atoms with Crippen LogP contribution >= 0.6 is 0 Å². The molecule has 0 aromatic heterocycles. The Morgan fingerprint density at radius 2 is 1.83 bits per heavy atom. The van der Waals surface area contributed by atoms with E-state index in [1.807, 2.05) is 0 Å². The molecule has 10 heteroatoms. The number of piperidine rings is 1. The molecular formula is C19H20FN3O5S. The zero-order valence-electron chi connectivity index (χ0n) is 15.5. The third-order valence-corrected chi connectivity index (χ3v) is 6.70. The van der Waals surface area contributed by atoms with E-state index < -0.39 is 26.7 Å². The summed E-state index contributed by atoms with van der Waals surface area (Å²) in [5.41, 5.74) is 0.671. The minimum Gasteiger partial charge on any atom is -0.352 e. The maximum atomic E-state index is 13.1. The Bertz CT molecular complexity index is 994. The topological polar surface area (TPSA) is 110 Å². The highest BCUT2D eigenvalue weighted by Gasteiger charge is 2.33. The molecule has 1 N–H and O–H groups in total. The Morgan fingerprint density at radius 1 is 1.17 bits per heavy atom. The van der Waals surface area contributed by atoms with Gasteiger partial charge in [0.25, 0.3) is 5.69 Å². The lowest BCUT2D eigenvalue weighted by Gasteiger charge is -2.31. The molecule has 1 aliphatic heterocycles. The Hall–Kier alpha value is -2.85. The van der Waals surface area contributed by atoms with Crippen molar-refractivity contribution in [3.05, 3.63) is 70.0 Å². The number of carbonyl (C=O) groups excluding carboxylic acids is 1. The predicted octanol–water partition coefficient (Wildman–Crippen LogP) is 2.45. The van der Waals surface area contributed by atoms with Crippen LogP contribution < -0.4 is 5.32 Å². The van der Waals surface area contributed by atoms with Crippen molar-refractivity contribution in [2.45, 2.75) is 24.3 Å². The van der Waals surface area contributed by atoms with E-state index in [9.17, 15) is 27.7 Å². The van der Waals surface area contributed by atoms with Crippen LogP contribution in [0, 0.1) is 21.8 Å². The van der Waals surface area contributed by atoms with Crippen molar-refractivity contribution in [2.75, 3.05) is 13.1 Å². The smallest absolute Gasteiger partial charge is 0.269 e. The first-order valence-corrected chi connectivity index (χ1v) is 10.5. The van der Waals surface area contributed by atoms with Crippen molar-refractivity contribution < 1.29 is 22.5 Å². The minimum absolute atomic E-state index is 0.00848. The fourth-order valence-corrected chi connectivity index (χ4v) is 4.72. The standard InChI is InChI=1S/C19H20FN3O5S/c20-16-5-9-18(10-6-16)29(27,28)22-11-1-2-15(13-22)19(24)21-12-14-3-7-17(8-4-14)23(25)26/h3-10,15H,1-2,11-13H2,(H,21,24)/t15-/m1/s1. The van der Waals surface area contributed by atoms with E-state index >= 15 is 0 Å². The molecular weight excluding hydrogens is 401 g/mol. The van der Waals surface area contributed by atoms with Crippen molar-refractivity contribution in [1.29, 1.82) is 0 Å². The minimum atomic E-state index is -3.80. The lowest BCUT2D eigenvalue weighted by atomic mass is 9.99. The number of benzene rings is 2. The lowest BCUT2D eigenvalue weighted by molar-refractivity contribution is -0.384. The monoisotopic (exact) mass is 421 g/mol. The van der Waals surface area contributed by atoms with E-state index in [1.165, 1.54) is 28.6 Å². The fraction of sp³-hybridized carbons (Fsp3) is 0.316. The molecule has 29 heavy (non-hydrogen) atoms. The predicted molar refractivity (Wildman–Crippen MR) is 103 cm³/mol. The van der Waals surface area contributed by atoms with Gasteiger partial charge in [-0.25, -0.2) is 12.8 Å². The second-order valence-electron chi connectivity index (χ2n) is 6.80. The van der Waals surface area contributed by atoms with Crippen molar-refractivity contribution in [2.24, 2.45) is 5.92 Å². The lowest BCUT2D eigenvalue weighted by Crippen LogP contribution is -2.45. The van der Waals surface area contributed by atoms with Gasteiger partial charge in [-0.2, -0.15) is 4.31 Å². The molecule has 8 nitrogen and oxygen atoms in total. The summed E-state index contributed by atoms with van der Waals surface area (Å²) in [6.45, 7) is 0.537. The highest BCUT2D eigenvalue weighted by atomic mass is 32.2. The summed E-state index contributed by atoms with van der Waals surface area (Å²) in [5, 5.41) is 13.4. The third-order valence-electron chi connectivity index (χ3n) is 4.82. The second kappa shape index (κ2) is 8.66. The van der Waals surface area contributed by atoms with Crippen molar-refractivity contribution in [3.63, 3.8) is 0 Å². The van der Waals surface area contributed by atoms with Gasteiger partial charge in [0.2, 0.25) is 15.9 Å². The number of amides is 1. The zero-order valence-corrected chi connectivity index (χ0v) is 16.3. The van der Waals surface area contributed by atoms with Gasteiger partial charge < -0.3 is 5.32 Å². The Balaban J connectivity index is 1.61. The number of nitro groups is 1. The quantitative estimate of drug-likeness (QED) is 0.569. The maximum Gasteiger partial charge on any atom is 0.269 e. The second-order valence-corrected chi connectivity index (χ2v) is 8.74. The number of hydrogen-bond donors (Lipinski definition) is 1. The first-order chi connectivity index (χ1) is 13.8. The number of nitrogens with zero attached hydrogens (tertiary/aromatic N) is 2. The van der Waals surface area contributed by atoms with E-state index in [0.29, 0.717) is 24.9 Å².